The van der Waals surface area contributed by atoms with Crippen LogP contribution in [0.2, 0.25) is 0 Å². The first kappa shape index (κ1) is 8.12. The van der Waals surface area contributed by atoms with Gasteiger partial charge in [-0.25, -0.2) is 0 Å². The second-order valence-corrected chi connectivity index (χ2v) is 2.92. The number of hydrogen-bond donors (Lipinski definition) is 0. The highest BCUT2D eigenvalue weighted by Crippen LogP contribution is 2.10. The fourth-order valence-electron chi connectivity index (χ4n) is 0.793. The van der Waals surface area contributed by atoms with E-state index in [-0.39, 0.29) is 0 Å². The molecule has 0 unspecified atom stereocenters. The van der Waals surface area contributed by atoms with Gasteiger partial charge in [-0.3, -0.25) is 9.97 Å². The Balaban J connectivity index is 1.94. The Morgan fingerprint density at radius 1 is 1.46 bits per heavy atom. The lowest BCUT2D eigenvalue weighted by Gasteiger charge is -1.99. The molecule has 0 aliphatic rings. The van der Waals surface area contributed by atoms with Crippen molar-refractivity contribution < 1.29 is 4.74 Å². The SMILES string of the molecule is [c]1nc(OCc2cnccn2)cs1. The van der Waals surface area contributed by atoms with Gasteiger partial charge in [-0.1, -0.05) is 0 Å². The van der Waals surface area contributed by atoms with Gasteiger partial charge in [0.1, 0.15) is 6.61 Å². The van der Waals surface area contributed by atoms with Crippen LogP contribution in [0.3, 0.4) is 0 Å². The molecule has 2 aromatic rings. The number of ether oxygens (including phenoxy) is 1. The molecule has 0 aromatic carbocycles. The Hall–Kier alpha value is -1.49. The van der Waals surface area contributed by atoms with Crippen molar-refractivity contribution in [1.82, 2.24) is 15.0 Å². The molecule has 13 heavy (non-hydrogen) atoms. The number of rotatable bonds is 3. The molecule has 0 N–H and O–H groups in total. The largest absolute Gasteiger partial charge is 0.470 e. The Morgan fingerprint density at radius 2 is 2.46 bits per heavy atom. The minimum absolute atomic E-state index is 0.394. The van der Waals surface area contributed by atoms with Gasteiger partial charge in [0, 0.05) is 12.4 Å². The summed E-state index contributed by atoms with van der Waals surface area (Å²) >= 11 is 1.38. The predicted octanol–water partition coefficient (Wildman–Crippen LogP) is 1.31. The van der Waals surface area contributed by atoms with Crippen LogP contribution in [0, 0.1) is 5.51 Å². The summed E-state index contributed by atoms with van der Waals surface area (Å²) in [5.74, 6) is 0.579. The van der Waals surface area contributed by atoms with Gasteiger partial charge in [0.25, 0.3) is 0 Å². The molecular formula is C8H6N3OS. The lowest BCUT2D eigenvalue weighted by Crippen LogP contribution is -1.98. The summed E-state index contributed by atoms with van der Waals surface area (Å²) in [6.45, 7) is 0.394. The number of hydrogen-bond acceptors (Lipinski definition) is 5. The highest BCUT2D eigenvalue weighted by Gasteiger charge is 1.97. The third kappa shape index (κ3) is 2.22. The molecule has 0 spiro atoms. The molecule has 0 saturated heterocycles. The molecule has 0 bridgehead atoms. The first-order valence-electron chi connectivity index (χ1n) is 3.64. The summed E-state index contributed by atoms with van der Waals surface area (Å²) in [7, 11) is 0. The molecule has 0 saturated carbocycles. The van der Waals surface area contributed by atoms with Crippen LogP contribution in [0.15, 0.2) is 24.0 Å². The molecule has 0 atom stereocenters. The quantitative estimate of drug-likeness (QED) is 0.735. The minimum Gasteiger partial charge on any atom is -0.470 e. The maximum atomic E-state index is 5.30. The monoisotopic (exact) mass is 192 g/mol. The van der Waals surface area contributed by atoms with Crippen LogP contribution in [-0.4, -0.2) is 15.0 Å². The summed E-state index contributed by atoms with van der Waals surface area (Å²) in [5.41, 5.74) is 3.48. The van der Waals surface area contributed by atoms with Crippen LogP contribution in [0.4, 0.5) is 0 Å². The Bertz CT molecular complexity index is 349. The van der Waals surface area contributed by atoms with Crippen molar-refractivity contribution >= 4 is 11.3 Å². The third-order valence-electron chi connectivity index (χ3n) is 1.35. The normalized spacial score (nSPS) is 9.85. The second-order valence-electron chi connectivity index (χ2n) is 2.26. The van der Waals surface area contributed by atoms with Gasteiger partial charge in [0.15, 0.2) is 5.51 Å². The molecule has 0 aliphatic heterocycles. The third-order valence-corrected chi connectivity index (χ3v) is 1.87. The van der Waals surface area contributed by atoms with Gasteiger partial charge >= 0.3 is 0 Å². The Labute approximate surface area is 79.3 Å². The maximum Gasteiger partial charge on any atom is 0.225 e. The van der Waals surface area contributed by atoms with Crippen LogP contribution in [0.5, 0.6) is 5.88 Å². The van der Waals surface area contributed by atoms with Crippen LogP contribution in [0.25, 0.3) is 0 Å². The highest BCUT2D eigenvalue weighted by atomic mass is 32.1. The molecule has 65 valence electrons. The van der Waals surface area contributed by atoms with Crippen LogP contribution in [-0.2, 0) is 6.61 Å². The van der Waals surface area contributed by atoms with Crippen molar-refractivity contribution in [3.05, 3.63) is 35.2 Å². The van der Waals surface area contributed by atoms with Gasteiger partial charge in [0.2, 0.25) is 5.88 Å². The topological polar surface area (TPSA) is 47.9 Å². The second kappa shape index (κ2) is 3.95. The molecule has 2 aromatic heterocycles. The summed E-state index contributed by atoms with van der Waals surface area (Å²) in [6.07, 6.45) is 4.92. The zero-order valence-corrected chi connectivity index (χ0v) is 7.49. The summed E-state index contributed by atoms with van der Waals surface area (Å²) in [4.78, 5) is 11.8. The van der Waals surface area contributed by atoms with Crippen molar-refractivity contribution in [3.63, 3.8) is 0 Å². The summed E-state index contributed by atoms with van der Waals surface area (Å²) in [6, 6.07) is 0. The fraction of sp³-hybridized carbons (Fsp3) is 0.125. The van der Waals surface area contributed by atoms with E-state index in [0.29, 0.717) is 12.5 Å². The molecule has 4 nitrogen and oxygen atoms in total. The Kier molecular flexibility index (Phi) is 2.47. The molecule has 0 amide bonds. The lowest BCUT2D eigenvalue weighted by atomic mass is 10.5. The van der Waals surface area contributed by atoms with Gasteiger partial charge in [0.05, 0.1) is 17.3 Å². The van der Waals surface area contributed by atoms with Crippen molar-refractivity contribution in [3.8, 4) is 5.88 Å². The smallest absolute Gasteiger partial charge is 0.225 e. The molecule has 0 aliphatic carbocycles. The first-order valence-corrected chi connectivity index (χ1v) is 4.52. The van der Waals surface area contributed by atoms with Crippen LogP contribution >= 0.6 is 11.3 Å². The van der Waals surface area contributed by atoms with E-state index in [4.69, 9.17) is 4.74 Å². The summed E-state index contributed by atoms with van der Waals surface area (Å²) in [5, 5.41) is 1.79. The van der Waals surface area contributed by atoms with E-state index >= 15 is 0 Å². The van der Waals surface area contributed by atoms with Gasteiger partial charge in [-0.2, -0.15) is 4.98 Å². The lowest BCUT2D eigenvalue weighted by molar-refractivity contribution is 0.290. The summed E-state index contributed by atoms with van der Waals surface area (Å²) < 4.78 is 5.30. The number of aromatic nitrogens is 3. The molecular weight excluding hydrogens is 186 g/mol. The average Bonchev–Trinajstić information content (AvgIpc) is 2.69. The maximum absolute atomic E-state index is 5.30. The minimum atomic E-state index is 0.394. The standard InChI is InChI=1S/C8H6N3OS/c1-2-10-7(3-9-1)4-12-8-5-13-6-11-8/h1-3,5H,4H2. The van der Waals surface area contributed by atoms with Crippen molar-refractivity contribution in [1.29, 1.82) is 0 Å². The van der Waals surface area contributed by atoms with Crippen LogP contribution in [0.1, 0.15) is 5.69 Å². The van der Waals surface area contributed by atoms with E-state index in [2.05, 4.69) is 20.5 Å². The van der Waals surface area contributed by atoms with Crippen molar-refractivity contribution in [2.45, 2.75) is 6.61 Å². The Morgan fingerprint density at radius 3 is 3.15 bits per heavy atom. The van der Waals surface area contributed by atoms with Gasteiger partial charge < -0.3 is 4.74 Å². The average molecular weight is 192 g/mol. The molecule has 2 rings (SSSR count). The van der Waals surface area contributed by atoms with E-state index in [1.807, 2.05) is 0 Å². The molecule has 0 fully saturated rings. The molecule has 1 radical (unpaired) electrons. The van der Waals surface area contributed by atoms with E-state index in [9.17, 15) is 0 Å². The molecule has 5 heteroatoms. The van der Waals surface area contributed by atoms with Crippen molar-refractivity contribution in [2.75, 3.05) is 0 Å². The van der Waals surface area contributed by atoms with E-state index in [1.165, 1.54) is 11.3 Å². The van der Waals surface area contributed by atoms with E-state index < -0.39 is 0 Å². The zero-order valence-electron chi connectivity index (χ0n) is 6.67. The van der Waals surface area contributed by atoms with Crippen molar-refractivity contribution in [2.24, 2.45) is 0 Å². The highest BCUT2D eigenvalue weighted by molar-refractivity contribution is 7.07. The zero-order chi connectivity index (χ0) is 8.93. The van der Waals surface area contributed by atoms with Gasteiger partial charge in [-0.15, -0.1) is 11.3 Å². The molecule has 2 heterocycles. The number of nitrogens with zero attached hydrogens (tertiary/aromatic N) is 3. The predicted molar refractivity (Wildman–Crippen MR) is 47.3 cm³/mol. The van der Waals surface area contributed by atoms with E-state index in [1.54, 1.807) is 24.0 Å². The number of thiazole rings is 1. The van der Waals surface area contributed by atoms with E-state index in [0.717, 1.165) is 5.69 Å². The van der Waals surface area contributed by atoms with Gasteiger partial charge in [-0.05, 0) is 0 Å². The first-order chi connectivity index (χ1) is 6.45. The fourth-order valence-corrected chi connectivity index (χ4v) is 1.21. The van der Waals surface area contributed by atoms with Crippen LogP contribution < -0.4 is 4.74 Å².